The van der Waals surface area contributed by atoms with Gasteiger partial charge in [-0.25, -0.2) is 13.2 Å². The highest BCUT2D eigenvalue weighted by Crippen LogP contribution is 2.31. The summed E-state index contributed by atoms with van der Waals surface area (Å²) >= 11 is 0. The lowest BCUT2D eigenvalue weighted by Crippen LogP contribution is -2.33. The molecule has 1 aromatic carbocycles. The topological polar surface area (TPSA) is 106 Å². The van der Waals surface area contributed by atoms with Crippen molar-refractivity contribution < 1.29 is 23.2 Å². The molecule has 0 fully saturated rings. The number of carbonyl (C=O) groups excluding carboxylic acids is 1. The summed E-state index contributed by atoms with van der Waals surface area (Å²) in [5, 5.41) is 11.9. The van der Waals surface area contributed by atoms with Crippen LogP contribution >= 0.6 is 0 Å². The predicted octanol–water partition coefficient (Wildman–Crippen LogP) is 1.02. The van der Waals surface area contributed by atoms with Crippen molar-refractivity contribution in [2.75, 3.05) is 0 Å². The summed E-state index contributed by atoms with van der Waals surface area (Å²) in [6, 6.07) is 5.54. The van der Waals surface area contributed by atoms with E-state index in [1.165, 1.54) is 31.3 Å². The maximum absolute atomic E-state index is 12.7. The van der Waals surface area contributed by atoms with E-state index in [0.29, 0.717) is 0 Å². The highest BCUT2D eigenvalue weighted by molar-refractivity contribution is 7.93. The van der Waals surface area contributed by atoms with Crippen molar-refractivity contribution in [1.29, 1.82) is 0 Å². The van der Waals surface area contributed by atoms with E-state index >= 15 is 0 Å². The smallest absolute Gasteiger partial charge is 0.359 e. The summed E-state index contributed by atoms with van der Waals surface area (Å²) in [6.07, 6.45) is 1.44. The zero-order valence-electron chi connectivity index (χ0n) is 10.8. The number of hydrogen-bond donors (Lipinski definition) is 1. The second kappa shape index (κ2) is 4.52. The Balaban J connectivity index is 2.28. The number of carbonyl (C=O) groups is 1. The molecule has 1 unspecified atom stereocenters. The first kappa shape index (κ1) is 13.5. The van der Waals surface area contributed by atoms with Gasteiger partial charge in [0.2, 0.25) is 5.25 Å². The first-order valence-corrected chi connectivity index (χ1v) is 7.53. The Bertz CT molecular complexity index is 889. The van der Waals surface area contributed by atoms with Crippen molar-refractivity contribution in [2.24, 2.45) is 5.16 Å². The van der Waals surface area contributed by atoms with E-state index in [9.17, 15) is 18.3 Å². The molecule has 1 aliphatic heterocycles. The van der Waals surface area contributed by atoms with Gasteiger partial charge in [0.15, 0.2) is 9.84 Å². The van der Waals surface area contributed by atoms with Crippen LogP contribution in [-0.2, 0) is 19.5 Å². The molecule has 0 radical (unpaired) electrons. The molecular formula is C13H10N2O5S. The number of phenols is 1. The maximum Gasteiger partial charge on any atom is 0.359 e. The number of hydrogen-bond acceptors (Lipinski definition) is 7. The van der Waals surface area contributed by atoms with Crippen molar-refractivity contribution >= 4 is 32.4 Å². The van der Waals surface area contributed by atoms with Gasteiger partial charge in [0.05, 0.1) is 10.6 Å². The van der Waals surface area contributed by atoms with Gasteiger partial charge in [-0.2, -0.15) is 0 Å². The highest BCUT2D eigenvalue weighted by Gasteiger charge is 2.43. The van der Waals surface area contributed by atoms with Crippen LogP contribution in [0.1, 0.15) is 6.92 Å². The molecule has 1 atom stereocenters. The lowest BCUT2D eigenvalue weighted by atomic mass is 10.2. The molecule has 1 aliphatic rings. The molecule has 0 saturated heterocycles. The van der Waals surface area contributed by atoms with Crippen LogP contribution in [0.5, 0.6) is 5.75 Å². The molecule has 8 heteroatoms. The Labute approximate surface area is 119 Å². The molecule has 0 bridgehead atoms. The fraction of sp³-hybridized carbons (Fsp3) is 0.154. The van der Waals surface area contributed by atoms with Gasteiger partial charge in [-0.1, -0.05) is 5.16 Å². The van der Waals surface area contributed by atoms with Crippen molar-refractivity contribution in [3.63, 3.8) is 0 Å². The van der Waals surface area contributed by atoms with Crippen LogP contribution in [0.3, 0.4) is 0 Å². The minimum Gasteiger partial charge on any atom is -0.506 e. The zero-order valence-corrected chi connectivity index (χ0v) is 11.7. The van der Waals surface area contributed by atoms with Gasteiger partial charge in [-0.05, 0) is 31.2 Å². The molecule has 21 heavy (non-hydrogen) atoms. The van der Waals surface area contributed by atoms with Crippen molar-refractivity contribution in [3.8, 4) is 5.75 Å². The summed E-state index contributed by atoms with van der Waals surface area (Å²) in [6.45, 7) is 1.41. The maximum atomic E-state index is 12.7. The van der Waals surface area contributed by atoms with Gasteiger partial charge in [0.1, 0.15) is 11.3 Å². The number of benzene rings is 1. The minimum atomic E-state index is -4.04. The van der Waals surface area contributed by atoms with Crippen LogP contribution < -0.4 is 0 Å². The first-order valence-electron chi connectivity index (χ1n) is 5.99. The minimum absolute atomic E-state index is 0.0742. The third kappa shape index (κ3) is 1.95. The molecule has 2 aromatic rings. The second-order valence-electron chi connectivity index (χ2n) is 4.55. The molecule has 7 nitrogen and oxygen atoms in total. The molecule has 3 rings (SSSR count). The van der Waals surface area contributed by atoms with Gasteiger partial charge in [0, 0.05) is 11.6 Å². The van der Waals surface area contributed by atoms with Crippen LogP contribution in [0.2, 0.25) is 0 Å². The number of phenolic OH excluding ortho intramolecular Hbond substituents is 1. The summed E-state index contributed by atoms with van der Waals surface area (Å²) in [4.78, 5) is 19.9. The number of pyridine rings is 1. The van der Waals surface area contributed by atoms with E-state index in [4.69, 9.17) is 0 Å². The third-order valence-electron chi connectivity index (χ3n) is 3.20. The highest BCUT2D eigenvalue weighted by atomic mass is 32.2. The molecule has 1 aromatic heterocycles. The van der Waals surface area contributed by atoms with E-state index in [-0.39, 0.29) is 27.3 Å². The zero-order chi connectivity index (χ0) is 15.2. The Kier molecular flexibility index (Phi) is 2.91. The standard InChI is InChI=1S/C13H10N2O5S/c1-7-12(13(17)20-15-7)21(18,19)10-5-4-9(16)11-8(10)3-2-6-14-11/h2-6,12,16H,1H3. The Hall–Kier alpha value is -2.48. The van der Waals surface area contributed by atoms with Gasteiger partial charge in [-0.15, -0.1) is 0 Å². The summed E-state index contributed by atoms with van der Waals surface area (Å²) in [7, 11) is -4.04. The lowest BCUT2D eigenvalue weighted by Gasteiger charge is -2.11. The van der Waals surface area contributed by atoms with Crippen molar-refractivity contribution in [1.82, 2.24) is 4.98 Å². The average Bonchev–Trinajstić information content (AvgIpc) is 2.79. The van der Waals surface area contributed by atoms with Gasteiger partial charge in [0.25, 0.3) is 0 Å². The van der Waals surface area contributed by atoms with E-state index in [0.717, 1.165) is 0 Å². The fourth-order valence-electron chi connectivity index (χ4n) is 2.24. The summed E-state index contributed by atoms with van der Waals surface area (Å²) in [5.74, 6) is -1.07. The van der Waals surface area contributed by atoms with E-state index in [2.05, 4.69) is 15.0 Å². The lowest BCUT2D eigenvalue weighted by molar-refractivity contribution is -0.139. The van der Waals surface area contributed by atoms with E-state index < -0.39 is 21.1 Å². The van der Waals surface area contributed by atoms with Crippen LogP contribution in [-0.4, -0.2) is 35.4 Å². The van der Waals surface area contributed by atoms with Crippen LogP contribution in [0.25, 0.3) is 10.9 Å². The number of aromatic nitrogens is 1. The Morgan fingerprint density at radius 3 is 2.71 bits per heavy atom. The normalized spacial score (nSPS) is 18.6. The molecule has 1 N–H and O–H groups in total. The number of sulfone groups is 1. The largest absolute Gasteiger partial charge is 0.506 e. The molecule has 0 aliphatic carbocycles. The molecule has 108 valence electrons. The summed E-state index contributed by atoms with van der Waals surface area (Å²) < 4.78 is 25.4. The first-order chi connectivity index (χ1) is 9.93. The monoisotopic (exact) mass is 306 g/mol. The predicted molar refractivity (Wildman–Crippen MR) is 73.6 cm³/mol. The van der Waals surface area contributed by atoms with Crippen LogP contribution in [0, 0.1) is 0 Å². The molecule has 2 heterocycles. The second-order valence-corrected chi connectivity index (χ2v) is 6.55. The van der Waals surface area contributed by atoms with Gasteiger partial charge in [-0.3, -0.25) is 4.98 Å². The number of rotatable bonds is 2. The van der Waals surface area contributed by atoms with Crippen molar-refractivity contribution in [2.45, 2.75) is 17.1 Å². The van der Waals surface area contributed by atoms with E-state index in [1.54, 1.807) is 6.07 Å². The van der Waals surface area contributed by atoms with Crippen LogP contribution in [0.4, 0.5) is 0 Å². The molecule has 0 saturated carbocycles. The fourth-order valence-corrected chi connectivity index (χ4v) is 4.01. The van der Waals surface area contributed by atoms with Gasteiger partial charge < -0.3 is 9.94 Å². The third-order valence-corrected chi connectivity index (χ3v) is 5.32. The van der Waals surface area contributed by atoms with Gasteiger partial charge >= 0.3 is 5.97 Å². The average molecular weight is 306 g/mol. The number of oxime groups is 1. The Morgan fingerprint density at radius 1 is 1.29 bits per heavy atom. The van der Waals surface area contributed by atoms with Crippen molar-refractivity contribution in [3.05, 3.63) is 30.5 Å². The number of aromatic hydroxyl groups is 1. The van der Waals surface area contributed by atoms with Crippen LogP contribution in [0.15, 0.2) is 40.5 Å². The summed E-state index contributed by atoms with van der Waals surface area (Å²) in [5.41, 5.74) is 0.227. The quantitative estimate of drug-likeness (QED) is 0.830. The number of nitrogens with zero attached hydrogens (tertiary/aromatic N) is 2. The molecule has 0 spiro atoms. The molecule has 0 amide bonds. The SMILES string of the molecule is CC1=NOC(=O)C1S(=O)(=O)c1ccc(O)c2ncccc12. The molecular weight excluding hydrogens is 296 g/mol. The Morgan fingerprint density at radius 2 is 2.05 bits per heavy atom. The van der Waals surface area contributed by atoms with E-state index in [1.807, 2.05) is 0 Å². The number of fused-ring (bicyclic) bond motifs is 1.